The van der Waals surface area contributed by atoms with Crippen LogP contribution in [0.4, 0.5) is 9.80 Å². The van der Waals surface area contributed by atoms with Gasteiger partial charge in [-0.2, -0.15) is 0 Å². The van der Waals surface area contributed by atoms with Crippen LogP contribution < -0.4 is 16.0 Å². The Bertz CT molecular complexity index is 1160. The molecule has 166 valence electrons. The lowest BCUT2D eigenvalue weighted by molar-refractivity contribution is -0.125. The molecule has 0 saturated carbocycles. The number of hydrogen-bond donors (Lipinski definition) is 3. The number of carbonyl (C=O) groups is 3. The number of thiophene rings is 1. The smallest absolute Gasteiger partial charge is 0.319 e. The minimum atomic E-state index is -0.935. The summed E-state index contributed by atoms with van der Waals surface area (Å²) in [6, 6.07) is 7.15. The first-order valence-electron chi connectivity index (χ1n) is 10.2. The molecule has 0 radical (unpaired) electrons. The molecule has 1 aromatic heterocycles. The highest BCUT2D eigenvalue weighted by atomic mass is 32.1. The maximum absolute atomic E-state index is 13.5. The first-order valence-corrected chi connectivity index (χ1v) is 11.1. The maximum Gasteiger partial charge on any atom is 0.319 e. The van der Waals surface area contributed by atoms with Crippen molar-refractivity contribution in [2.75, 3.05) is 31.5 Å². The molecule has 0 bridgehead atoms. The van der Waals surface area contributed by atoms with Crippen LogP contribution in [0.15, 0.2) is 34.4 Å². The predicted molar refractivity (Wildman–Crippen MR) is 122 cm³/mol. The summed E-state index contributed by atoms with van der Waals surface area (Å²) in [6.45, 7) is 2.96. The van der Waals surface area contributed by atoms with Crippen LogP contribution in [-0.4, -0.2) is 60.3 Å². The number of nitrogens with one attached hydrogen (secondary N) is 3. The van der Waals surface area contributed by atoms with Gasteiger partial charge < -0.3 is 15.5 Å². The lowest BCUT2D eigenvalue weighted by atomic mass is 9.87. The molecule has 1 saturated heterocycles. The summed E-state index contributed by atoms with van der Waals surface area (Å²) in [5, 5.41) is 12.9. The number of benzene rings is 1. The zero-order valence-electron chi connectivity index (χ0n) is 17.4. The Hall–Kier alpha value is -3.63. The first-order chi connectivity index (χ1) is 15.5. The lowest BCUT2D eigenvalue weighted by Gasteiger charge is -2.35. The molecular weight excluding hydrogens is 432 g/mol. The molecule has 2 aromatic rings. The van der Waals surface area contributed by atoms with E-state index in [0.29, 0.717) is 48.9 Å². The molecule has 2 aliphatic heterocycles. The molecule has 4 amide bonds. The highest BCUT2D eigenvalue weighted by Crippen LogP contribution is 2.38. The van der Waals surface area contributed by atoms with Crippen LogP contribution in [0.25, 0.3) is 20.5 Å². The average Bonchev–Trinajstić information content (AvgIpc) is 3.29. The van der Waals surface area contributed by atoms with Crippen LogP contribution in [-0.2, 0) is 4.79 Å². The number of anilines is 1. The van der Waals surface area contributed by atoms with Crippen molar-refractivity contribution in [1.29, 1.82) is 0 Å². The van der Waals surface area contributed by atoms with Gasteiger partial charge in [0.1, 0.15) is 16.4 Å². The van der Waals surface area contributed by atoms with Crippen molar-refractivity contribution in [3.63, 3.8) is 0 Å². The monoisotopic (exact) mass is 454 g/mol. The molecule has 12 heteroatoms. The first kappa shape index (κ1) is 21.6. The van der Waals surface area contributed by atoms with E-state index in [2.05, 4.69) is 31.0 Å². The molecule has 3 N–H and O–H groups in total. The molecule has 3 heterocycles. The van der Waals surface area contributed by atoms with E-state index in [-0.39, 0.29) is 24.4 Å². The van der Waals surface area contributed by atoms with Gasteiger partial charge in [-0.1, -0.05) is 23.3 Å². The van der Waals surface area contributed by atoms with Crippen molar-refractivity contribution in [2.45, 2.75) is 25.3 Å². The third-order valence-corrected chi connectivity index (χ3v) is 6.65. The van der Waals surface area contributed by atoms with Crippen LogP contribution in [0.2, 0.25) is 0 Å². The van der Waals surface area contributed by atoms with E-state index in [0.717, 1.165) is 10.1 Å². The van der Waals surface area contributed by atoms with E-state index in [4.69, 9.17) is 5.53 Å². The van der Waals surface area contributed by atoms with E-state index < -0.39 is 5.54 Å². The summed E-state index contributed by atoms with van der Waals surface area (Å²) in [5.41, 5.74) is 8.00. The fourth-order valence-corrected chi connectivity index (χ4v) is 5.08. The number of amides is 4. The van der Waals surface area contributed by atoms with Gasteiger partial charge in [-0.05, 0) is 31.4 Å². The summed E-state index contributed by atoms with van der Waals surface area (Å²) in [7, 11) is 0. The normalized spacial score (nSPS) is 17.0. The van der Waals surface area contributed by atoms with E-state index in [1.165, 1.54) is 11.3 Å². The van der Waals surface area contributed by atoms with Crippen molar-refractivity contribution in [3.05, 3.63) is 40.3 Å². The number of hydrogen-bond acceptors (Lipinski definition) is 6. The Morgan fingerprint density at radius 1 is 1.34 bits per heavy atom. The molecular formula is C20H22N8O3S. The third kappa shape index (κ3) is 3.97. The molecule has 0 atom stereocenters. The minimum absolute atomic E-state index is 0.0115. The van der Waals surface area contributed by atoms with Crippen LogP contribution >= 0.6 is 11.3 Å². The lowest BCUT2D eigenvalue weighted by Crippen LogP contribution is -2.50. The Morgan fingerprint density at radius 3 is 2.81 bits per heavy atom. The largest absolute Gasteiger partial charge is 0.338 e. The third-order valence-electron chi connectivity index (χ3n) is 5.56. The zero-order valence-corrected chi connectivity index (χ0v) is 18.2. The molecule has 32 heavy (non-hydrogen) atoms. The zero-order chi connectivity index (χ0) is 22.7. The molecule has 1 aromatic carbocycles. The number of rotatable bonds is 5. The second-order valence-electron chi connectivity index (χ2n) is 7.51. The summed E-state index contributed by atoms with van der Waals surface area (Å²) >= 11 is 1.35. The molecule has 0 aliphatic carbocycles. The van der Waals surface area contributed by atoms with E-state index in [1.54, 1.807) is 4.90 Å². The minimum Gasteiger partial charge on any atom is -0.338 e. The van der Waals surface area contributed by atoms with E-state index >= 15 is 0 Å². The SMILES string of the molecule is CCNC(=O)Nc1sc2ccccc2c1C(=O)N1CCC2(CC1)N=C(CN=[N+]=[N-])NC2=O. The Labute approximate surface area is 187 Å². The fraction of sp³-hybridized carbons (Fsp3) is 0.400. The summed E-state index contributed by atoms with van der Waals surface area (Å²) in [5.74, 6) is -0.0714. The second-order valence-corrected chi connectivity index (χ2v) is 8.56. The van der Waals surface area contributed by atoms with Gasteiger partial charge >= 0.3 is 6.03 Å². The number of azide groups is 1. The highest BCUT2D eigenvalue weighted by molar-refractivity contribution is 7.23. The summed E-state index contributed by atoms with van der Waals surface area (Å²) in [4.78, 5) is 47.0. The Balaban J connectivity index is 1.56. The van der Waals surface area contributed by atoms with Crippen molar-refractivity contribution in [3.8, 4) is 0 Å². The molecule has 1 fully saturated rings. The number of likely N-dealkylation sites (tertiary alicyclic amines) is 1. The summed E-state index contributed by atoms with van der Waals surface area (Å²) < 4.78 is 0.901. The van der Waals surface area contributed by atoms with Gasteiger partial charge in [0.15, 0.2) is 0 Å². The number of piperidine rings is 1. The number of amidine groups is 1. The average molecular weight is 455 g/mol. The molecule has 0 unspecified atom stereocenters. The van der Waals surface area contributed by atoms with E-state index in [9.17, 15) is 14.4 Å². The van der Waals surface area contributed by atoms with Gasteiger partial charge in [0.2, 0.25) is 0 Å². The molecule has 2 aliphatic rings. The van der Waals surface area contributed by atoms with Gasteiger partial charge in [0.05, 0.1) is 12.1 Å². The van der Waals surface area contributed by atoms with Gasteiger partial charge in [0, 0.05) is 34.6 Å². The van der Waals surface area contributed by atoms with Crippen molar-refractivity contribution in [1.82, 2.24) is 15.5 Å². The Kier molecular flexibility index (Phi) is 5.97. The van der Waals surface area contributed by atoms with Crippen molar-refractivity contribution < 1.29 is 14.4 Å². The van der Waals surface area contributed by atoms with E-state index in [1.807, 2.05) is 31.2 Å². The number of nitrogens with zero attached hydrogens (tertiary/aromatic N) is 5. The second kappa shape index (κ2) is 8.85. The van der Waals surface area contributed by atoms with Crippen molar-refractivity contribution in [2.24, 2.45) is 10.1 Å². The number of carbonyl (C=O) groups excluding carboxylic acids is 3. The molecule has 1 spiro atoms. The van der Waals surface area contributed by atoms with Gasteiger partial charge in [-0.25, -0.2) is 4.79 Å². The van der Waals surface area contributed by atoms with Crippen LogP contribution in [0, 0.1) is 0 Å². The Morgan fingerprint density at radius 2 is 2.09 bits per heavy atom. The predicted octanol–water partition coefficient (Wildman–Crippen LogP) is 2.86. The van der Waals surface area contributed by atoms with Gasteiger partial charge in [-0.15, -0.1) is 11.3 Å². The number of aliphatic imine (C=N–C) groups is 1. The topological polar surface area (TPSA) is 152 Å². The number of urea groups is 1. The fourth-order valence-electron chi connectivity index (χ4n) is 3.99. The summed E-state index contributed by atoms with van der Waals surface area (Å²) in [6.07, 6.45) is 0.733. The standard InChI is InChI=1S/C20H22N8O3S/c1-2-22-19(31)25-16-15(12-5-3-4-6-13(12)32-16)17(29)28-9-7-20(8-10-28)18(30)24-14(26-20)11-23-27-21/h3-6H,2,7-11H2,1H3,(H2,22,25,31)(H,24,26,30). The van der Waals surface area contributed by atoms with Crippen LogP contribution in [0.3, 0.4) is 0 Å². The number of fused-ring (bicyclic) bond motifs is 1. The molecule has 4 rings (SSSR count). The quantitative estimate of drug-likeness (QED) is 0.362. The highest BCUT2D eigenvalue weighted by Gasteiger charge is 2.46. The molecule has 11 nitrogen and oxygen atoms in total. The van der Waals surface area contributed by atoms with Crippen LogP contribution in [0.1, 0.15) is 30.1 Å². The van der Waals surface area contributed by atoms with Gasteiger partial charge in [0.25, 0.3) is 11.8 Å². The van der Waals surface area contributed by atoms with Gasteiger partial charge in [-0.3, -0.25) is 19.9 Å². The van der Waals surface area contributed by atoms with Crippen molar-refractivity contribution >= 4 is 50.1 Å². The maximum atomic E-state index is 13.5. The van der Waals surface area contributed by atoms with Crippen LogP contribution in [0.5, 0.6) is 0 Å².